The third kappa shape index (κ3) is 2.10. The Morgan fingerprint density at radius 3 is 2.81 bits per heavy atom. The summed E-state index contributed by atoms with van der Waals surface area (Å²) in [6, 6.07) is 3.90. The van der Waals surface area contributed by atoms with Crippen molar-refractivity contribution in [3.8, 4) is 10.7 Å². The highest BCUT2D eigenvalue weighted by Crippen LogP contribution is 2.28. The fourth-order valence-corrected chi connectivity index (χ4v) is 2.81. The van der Waals surface area contributed by atoms with E-state index in [4.69, 9.17) is 0 Å². The third-order valence-corrected chi connectivity index (χ3v) is 4.02. The van der Waals surface area contributed by atoms with Gasteiger partial charge in [0.2, 0.25) is 0 Å². The molecule has 0 aliphatic carbocycles. The van der Waals surface area contributed by atoms with E-state index >= 15 is 0 Å². The number of aromatic amines is 1. The van der Waals surface area contributed by atoms with E-state index in [0.717, 1.165) is 20.8 Å². The lowest BCUT2D eigenvalue weighted by atomic mass is 10.2. The molecular weight excluding hydrogens is 288 g/mol. The first-order chi connectivity index (χ1) is 7.61. The molecule has 0 aromatic carbocycles. The Morgan fingerprint density at radius 1 is 1.50 bits per heavy atom. The van der Waals surface area contributed by atoms with Gasteiger partial charge in [0, 0.05) is 5.56 Å². The molecule has 2 aromatic heterocycles. The quantitative estimate of drug-likeness (QED) is 0.926. The summed E-state index contributed by atoms with van der Waals surface area (Å²) < 4.78 is 1.03. The van der Waals surface area contributed by atoms with Crippen LogP contribution >= 0.6 is 27.3 Å². The van der Waals surface area contributed by atoms with E-state index in [1.54, 1.807) is 18.3 Å². The van der Waals surface area contributed by atoms with Gasteiger partial charge in [-0.1, -0.05) is 6.92 Å². The van der Waals surface area contributed by atoms with E-state index in [1.165, 1.54) is 0 Å². The van der Waals surface area contributed by atoms with Gasteiger partial charge in [-0.05, 0) is 41.4 Å². The molecule has 0 bridgehead atoms. The number of nitrogens with zero attached hydrogens (tertiary/aromatic N) is 1. The maximum Gasteiger partial charge on any atom is 0.254 e. The smallest absolute Gasteiger partial charge is 0.254 e. The molecule has 0 unspecified atom stereocenters. The van der Waals surface area contributed by atoms with Gasteiger partial charge in [-0.2, -0.15) is 0 Å². The van der Waals surface area contributed by atoms with Crippen LogP contribution in [0.1, 0.15) is 18.2 Å². The summed E-state index contributed by atoms with van der Waals surface area (Å²) in [4.78, 5) is 19.9. The van der Waals surface area contributed by atoms with Crippen LogP contribution in [-0.4, -0.2) is 9.97 Å². The highest BCUT2D eigenvalue weighted by atomic mass is 79.9. The molecule has 0 saturated carbocycles. The molecule has 0 atom stereocenters. The molecule has 0 radical (unpaired) electrons. The van der Waals surface area contributed by atoms with Crippen molar-refractivity contribution in [2.24, 2.45) is 0 Å². The van der Waals surface area contributed by atoms with Gasteiger partial charge >= 0.3 is 0 Å². The van der Waals surface area contributed by atoms with E-state index in [2.05, 4.69) is 25.9 Å². The van der Waals surface area contributed by atoms with Gasteiger partial charge in [0.05, 0.1) is 14.4 Å². The second kappa shape index (κ2) is 4.51. The van der Waals surface area contributed by atoms with Crippen LogP contribution in [0, 0.1) is 6.92 Å². The van der Waals surface area contributed by atoms with E-state index in [0.29, 0.717) is 11.4 Å². The number of rotatable bonds is 2. The number of thiophene rings is 1. The van der Waals surface area contributed by atoms with Crippen LogP contribution in [0.25, 0.3) is 10.7 Å². The van der Waals surface area contributed by atoms with Gasteiger partial charge in [-0.25, -0.2) is 4.98 Å². The molecule has 1 N–H and O–H groups in total. The maximum absolute atomic E-state index is 11.7. The van der Waals surface area contributed by atoms with Gasteiger partial charge in [-0.3, -0.25) is 4.79 Å². The van der Waals surface area contributed by atoms with E-state index in [-0.39, 0.29) is 5.56 Å². The zero-order valence-corrected chi connectivity index (χ0v) is 11.4. The lowest BCUT2D eigenvalue weighted by Gasteiger charge is -2.03. The Balaban J connectivity index is 2.59. The second-order valence-electron chi connectivity index (χ2n) is 3.44. The summed E-state index contributed by atoms with van der Waals surface area (Å²) in [5.74, 6) is 0.656. The van der Waals surface area contributed by atoms with Crippen molar-refractivity contribution in [2.75, 3.05) is 0 Å². The fourth-order valence-electron chi connectivity index (χ4n) is 1.48. The molecule has 0 amide bonds. The van der Waals surface area contributed by atoms with Crippen LogP contribution in [0.4, 0.5) is 0 Å². The summed E-state index contributed by atoms with van der Waals surface area (Å²) in [6.45, 7) is 3.81. The third-order valence-electron chi connectivity index (χ3n) is 2.39. The molecule has 0 aliphatic rings. The molecule has 3 nitrogen and oxygen atoms in total. The lowest BCUT2D eigenvalue weighted by molar-refractivity contribution is 0.957. The molecular formula is C11H11BrN2OS. The lowest BCUT2D eigenvalue weighted by Crippen LogP contribution is -2.15. The average molecular weight is 299 g/mol. The minimum Gasteiger partial charge on any atom is -0.306 e. The van der Waals surface area contributed by atoms with Gasteiger partial charge in [-0.15, -0.1) is 11.3 Å². The number of nitrogens with one attached hydrogen (secondary N) is 1. The van der Waals surface area contributed by atoms with Gasteiger partial charge in [0.1, 0.15) is 0 Å². The van der Waals surface area contributed by atoms with Crippen molar-refractivity contribution in [1.82, 2.24) is 9.97 Å². The molecule has 0 saturated heterocycles. The number of aromatic nitrogens is 2. The van der Waals surface area contributed by atoms with Crippen molar-refractivity contribution in [1.29, 1.82) is 0 Å². The molecule has 84 valence electrons. The van der Waals surface area contributed by atoms with Crippen molar-refractivity contribution < 1.29 is 0 Å². The van der Waals surface area contributed by atoms with Crippen LogP contribution < -0.4 is 5.56 Å². The van der Waals surface area contributed by atoms with Crippen molar-refractivity contribution >= 4 is 27.3 Å². The first-order valence-corrected chi connectivity index (χ1v) is 6.58. The zero-order chi connectivity index (χ0) is 11.7. The topological polar surface area (TPSA) is 45.8 Å². The Morgan fingerprint density at radius 2 is 2.25 bits per heavy atom. The standard InChI is InChI=1S/C11H11BrN2OS/c1-3-7-6(2)11(15)14-10(13-7)8-4-5-9(12)16-8/h4-5H,3H2,1-2H3,(H,13,14,15). The predicted molar refractivity (Wildman–Crippen MR) is 70.0 cm³/mol. The fraction of sp³-hybridized carbons (Fsp3) is 0.273. The van der Waals surface area contributed by atoms with Crippen molar-refractivity contribution in [2.45, 2.75) is 20.3 Å². The summed E-state index contributed by atoms with van der Waals surface area (Å²) in [5, 5.41) is 0. The van der Waals surface area contributed by atoms with E-state index < -0.39 is 0 Å². The maximum atomic E-state index is 11.7. The van der Waals surface area contributed by atoms with Gasteiger partial charge < -0.3 is 4.98 Å². The Labute approximate surface area is 106 Å². The number of hydrogen-bond donors (Lipinski definition) is 1. The second-order valence-corrected chi connectivity index (χ2v) is 5.91. The first-order valence-electron chi connectivity index (χ1n) is 4.97. The van der Waals surface area contributed by atoms with E-state index in [9.17, 15) is 4.79 Å². The molecule has 2 rings (SSSR count). The number of aryl methyl sites for hydroxylation is 1. The van der Waals surface area contributed by atoms with Crippen molar-refractivity contribution in [3.05, 3.63) is 37.5 Å². The predicted octanol–water partition coefficient (Wildman–Crippen LogP) is 3.13. The molecule has 5 heteroatoms. The van der Waals surface area contributed by atoms with Crippen LogP contribution in [0.15, 0.2) is 20.7 Å². The molecule has 16 heavy (non-hydrogen) atoms. The summed E-state index contributed by atoms with van der Waals surface area (Å²) >= 11 is 4.96. The molecule has 0 spiro atoms. The van der Waals surface area contributed by atoms with E-state index in [1.807, 2.05) is 19.1 Å². The summed E-state index contributed by atoms with van der Waals surface area (Å²) in [6.07, 6.45) is 0.773. The molecule has 0 aliphatic heterocycles. The Hall–Kier alpha value is -0.940. The van der Waals surface area contributed by atoms with Gasteiger partial charge in [0.15, 0.2) is 5.82 Å². The van der Waals surface area contributed by atoms with Crippen LogP contribution in [0.3, 0.4) is 0 Å². The Kier molecular flexibility index (Phi) is 3.25. The van der Waals surface area contributed by atoms with Crippen LogP contribution in [0.2, 0.25) is 0 Å². The summed E-state index contributed by atoms with van der Waals surface area (Å²) in [5.41, 5.74) is 1.52. The number of halogens is 1. The molecule has 0 fully saturated rings. The SMILES string of the molecule is CCc1nc(-c2ccc(Br)s2)[nH]c(=O)c1C. The zero-order valence-electron chi connectivity index (χ0n) is 9.00. The highest BCUT2D eigenvalue weighted by molar-refractivity contribution is 9.11. The van der Waals surface area contributed by atoms with Crippen LogP contribution in [0.5, 0.6) is 0 Å². The minimum atomic E-state index is -0.0497. The minimum absolute atomic E-state index is 0.0497. The normalized spacial score (nSPS) is 10.7. The number of hydrogen-bond acceptors (Lipinski definition) is 3. The Bertz CT molecular complexity index is 574. The molecule has 2 aromatic rings. The summed E-state index contributed by atoms with van der Waals surface area (Å²) in [7, 11) is 0. The van der Waals surface area contributed by atoms with Crippen LogP contribution in [-0.2, 0) is 6.42 Å². The van der Waals surface area contributed by atoms with Crippen molar-refractivity contribution in [3.63, 3.8) is 0 Å². The monoisotopic (exact) mass is 298 g/mol. The number of H-pyrrole nitrogens is 1. The highest BCUT2D eigenvalue weighted by Gasteiger charge is 2.09. The largest absolute Gasteiger partial charge is 0.306 e. The molecule has 2 heterocycles. The van der Waals surface area contributed by atoms with Gasteiger partial charge in [0.25, 0.3) is 5.56 Å². The first kappa shape index (κ1) is 11.5. The average Bonchev–Trinajstić information content (AvgIpc) is 2.69.